The number of rotatable bonds is 4. The Morgan fingerprint density at radius 3 is 2.67 bits per heavy atom. The summed E-state index contributed by atoms with van der Waals surface area (Å²) in [6.07, 6.45) is 3.52. The van der Waals surface area contributed by atoms with E-state index in [1.54, 1.807) is 18.1 Å². The van der Waals surface area contributed by atoms with E-state index in [0.29, 0.717) is 5.56 Å². The molecular weight excluding hydrogens is 342 g/mol. The van der Waals surface area contributed by atoms with Crippen LogP contribution in [0.1, 0.15) is 40.4 Å². The van der Waals surface area contributed by atoms with Crippen molar-refractivity contribution in [1.82, 2.24) is 25.1 Å². The van der Waals surface area contributed by atoms with Gasteiger partial charge in [0.05, 0.1) is 18.8 Å². The Balaban J connectivity index is 1.58. The lowest BCUT2D eigenvalue weighted by Gasteiger charge is -2.25. The molecule has 1 saturated heterocycles. The Morgan fingerprint density at radius 1 is 1.19 bits per heavy atom. The summed E-state index contributed by atoms with van der Waals surface area (Å²) in [5.41, 5.74) is 3.64. The highest BCUT2D eigenvalue weighted by Gasteiger charge is 2.30. The largest absolute Gasteiger partial charge is 0.497 e. The minimum absolute atomic E-state index is 0.0553. The van der Waals surface area contributed by atoms with Gasteiger partial charge in [-0.1, -0.05) is 12.1 Å². The summed E-state index contributed by atoms with van der Waals surface area (Å²) in [5.74, 6) is 0.878. The van der Waals surface area contributed by atoms with Gasteiger partial charge < -0.3 is 9.64 Å². The van der Waals surface area contributed by atoms with Crippen LogP contribution in [-0.2, 0) is 0 Å². The van der Waals surface area contributed by atoms with Crippen LogP contribution in [0.2, 0.25) is 0 Å². The number of hydrogen-bond donors (Lipinski definition) is 0. The number of aromatic nitrogens is 4. The Hall–Kier alpha value is -3.22. The van der Waals surface area contributed by atoms with Crippen molar-refractivity contribution < 1.29 is 9.53 Å². The van der Waals surface area contributed by atoms with Crippen LogP contribution >= 0.6 is 0 Å². The molecule has 0 spiro atoms. The average molecular weight is 363 g/mol. The highest BCUT2D eigenvalue weighted by Crippen LogP contribution is 2.34. The first-order valence-electron chi connectivity index (χ1n) is 8.96. The minimum atomic E-state index is 0.0553. The summed E-state index contributed by atoms with van der Waals surface area (Å²) >= 11 is 0. The number of amides is 1. The topological polar surface area (TPSA) is 73.1 Å². The molecule has 0 radical (unpaired) electrons. The summed E-state index contributed by atoms with van der Waals surface area (Å²) in [7, 11) is 1.65. The van der Waals surface area contributed by atoms with E-state index in [1.165, 1.54) is 0 Å². The van der Waals surface area contributed by atoms with E-state index in [2.05, 4.69) is 15.5 Å². The Morgan fingerprint density at radius 2 is 2.00 bits per heavy atom. The fraction of sp³-hybridized carbons (Fsp3) is 0.300. The molecule has 0 saturated carbocycles. The quantitative estimate of drug-likeness (QED) is 0.712. The monoisotopic (exact) mass is 363 g/mol. The van der Waals surface area contributed by atoms with Crippen LogP contribution in [0.15, 0.2) is 48.8 Å². The molecule has 138 valence electrons. The first-order valence-corrected chi connectivity index (χ1v) is 8.96. The lowest BCUT2D eigenvalue weighted by Crippen LogP contribution is -2.30. The predicted molar refractivity (Wildman–Crippen MR) is 99.9 cm³/mol. The molecule has 2 heterocycles. The molecule has 4 rings (SSSR count). The minimum Gasteiger partial charge on any atom is -0.497 e. The molecule has 1 aliphatic heterocycles. The van der Waals surface area contributed by atoms with E-state index in [1.807, 2.05) is 54.3 Å². The summed E-state index contributed by atoms with van der Waals surface area (Å²) in [6, 6.07) is 13.7. The van der Waals surface area contributed by atoms with Gasteiger partial charge in [-0.05, 0) is 71.7 Å². The van der Waals surface area contributed by atoms with Gasteiger partial charge in [0.1, 0.15) is 12.1 Å². The molecule has 3 aromatic rings. The predicted octanol–water partition coefficient (Wildman–Crippen LogP) is 2.96. The molecule has 2 aromatic carbocycles. The normalized spacial score (nSPS) is 16.5. The van der Waals surface area contributed by atoms with E-state index in [0.717, 1.165) is 42.0 Å². The molecule has 0 N–H and O–H groups in total. The molecule has 0 aliphatic carbocycles. The second-order valence-electron chi connectivity index (χ2n) is 6.69. The number of hydrogen-bond acceptors (Lipinski definition) is 5. The van der Waals surface area contributed by atoms with E-state index in [4.69, 9.17) is 4.74 Å². The number of tetrazole rings is 1. The maximum Gasteiger partial charge on any atom is 0.254 e. The van der Waals surface area contributed by atoms with Crippen molar-refractivity contribution >= 4 is 5.91 Å². The van der Waals surface area contributed by atoms with Gasteiger partial charge in [0.2, 0.25) is 0 Å². The van der Waals surface area contributed by atoms with Gasteiger partial charge in [-0.2, -0.15) is 0 Å². The van der Waals surface area contributed by atoms with Crippen molar-refractivity contribution in [2.45, 2.75) is 25.8 Å². The molecule has 7 nitrogen and oxygen atoms in total. The van der Waals surface area contributed by atoms with E-state index in [-0.39, 0.29) is 11.9 Å². The third kappa shape index (κ3) is 3.28. The standard InChI is InChI=1S/C20H21N5O2/c1-14-12-16(7-10-18(14)25-13-21-22-23-25)20(26)24-11-3-4-19(24)15-5-8-17(27-2)9-6-15/h5-10,12-13,19H,3-4,11H2,1-2H3. The van der Waals surface area contributed by atoms with Crippen molar-refractivity contribution in [2.24, 2.45) is 0 Å². The zero-order valence-electron chi connectivity index (χ0n) is 15.4. The second kappa shape index (κ2) is 7.19. The molecule has 7 heteroatoms. The summed E-state index contributed by atoms with van der Waals surface area (Å²) in [4.78, 5) is 15.1. The van der Waals surface area contributed by atoms with Gasteiger partial charge in [0.25, 0.3) is 5.91 Å². The van der Waals surface area contributed by atoms with Gasteiger partial charge in [-0.15, -0.1) is 5.10 Å². The number of carbonyl (C=O) groups excluding carboxylic acids is 1. The molecule has 0 bridgehead atoms. The summed E-state index contributed by atoms with van der Waals surface area (Å²) in [6.45, 7) is 2.72. The highest BCUT2D eigenvalue weighted by atomic mass is 16.5. The first kappa shape index (κ1) is 17.2. The number of benzene rings is 2. The maximum absolute atomic E-state index is 13.2. The molecule has 27 heavy (non-hydrogen) atoms. The van der Waals surface area contributed by atoms with Crippen LogP contribution in [0.4, 0.5) is 0 Å². The number of ether oxygens (including phenoxy) is 1. The van der Waals surface area contributed by atoms with Crippen molar-refractivity contribution in [1.29, 1.82) is 0 Å². The highest BCUT2D eigenvalue weighted by molar-refractivity contribution is 5.95. The van der Waals surface area contributed by atoms with Gasteiger partial charge in [-0.3, -0.25) is 4.79 Å². The summed E-state index contributed by atoms with van der Waals surface area (Å²) in [5, 5.41) is 11.2. The lowest BCUT2D eigenvalue weighted by atomic mass is 10.0. The smallest absolute Gasteiger partial charge is 0.254 e. The second-order valence-corrected chi connectivity index (χ2v) is 6.69. The van der Waals surface area contributed by atoms with Crippen molar-refractivity contribution in [3.05, 3.63) is 65.5 Å². The molecule has 1 unspecified atom stereocenters. The Kier molecular flexibility index (Phi) is 4.58. The SMILES string of the molecule is COc1ccc(C2CCCN2C(=O)c2ccc(-n3cnnn3)c(C)c2)cc1. The van der Waals surface area contributed by atoms with Crippen molar-refractivity contribution in [2.75, 3.05) is 13.7 Å². The van der Waals surface area contributed by atoms with Crippen LogP contribution in [0.3, 0.4) is 0 Å². The fourth-order valence-corrected chi connectivity index (χ4v) is 3.67. The summed E-state index contributed by atoms with van der Waals surface area (Å²) < 4.78 is 6.83. The molecule has 1 aliphatic rings. The zero-order chi connectivity index (χ0) is 18.8. The Bertz CT molecular complexity index is 938. The molecular formula is C20H21N5O2. The first-order chi connectivity index (χ1) is 13.2. The van der Waals surface area contributed by atoms with Crippen LogP contribution in [0.25, 0.3) is 5.69 Å². The van der Waals surface area contributed by atoms with Gasteiger partial charge >= 0.3 is 0 Å². The molecule has 1 fully saturated rings. The average Bonchev–Trinajstić information content (AvgIpc) is 3.39. The molecule has 1 amide bonds. The van der Waals surface area contributed by atoms with Crippen LogP contribution < -0.4 is 4.74 Å². The number of nitrogens with zero attached hydrogens (tertiary/aromatic N) is 5. The third-order valence-corrected chi connectivity index (χ3v) is 5.05. The Labute approximate surface area is 157 Å². The van der Waals surface area contributed by atoms with Gasteiger partial charge in [-0.25, -0.2) is 4.68 Å². The third-order valence-electron chi connectivity index (χ3n) is 5.05. The number of carbonyl (C=O) groups is 1. The van der Waals surface area contributed by atoms with Crippen molar-refractivity contribution in [3.8, 4) is 11.4 Å². The molecule has 1 atom stereocenters. The number of aryl methyl sites for hydroxylation is 1. The van der Waals surface area contributed by atoms with E-state index < -0.39 is 0 Å². The molecule has 1 aromatic heterocycles. The maximum atomic E-state index is 13.2. The van der Waals surface area contributed by atoms with Crippen LogP contribution in [0.5, 0.6) is 5.75 Å². The number of likely N-dealkylation sites (tertiary alicyclic amines) is 1. The van der Waals surface area contributed by atoms with Crippen molar-refractivity contribution in [3.63, 3.8) is 0 Å². The van der Waals surface area contributed by atoms with E-state index >= 15 is 0 Å². The van der Waals surface area contributed by atoms with E-state index in [9.17, 15) is 4.79 Å². The van der Waals surface area contributed by atoms with Crippen LogP contribution in [-0.4, -0.2) is 44.7 Å². The fourth-order valence-electron chi connectivity index (χ4n) is 3.67. The van der Waals surface area contributed by atoms with Crippen LogP contribution in [0, 0.1) is 6.92 Å². The lowest BCUT2D eigenvalue weighted by molar-refractivity contribution is 0.0735. The number of methoxy groups -OCH3 is 1. The zero-order valence-corrected chi connectivity index (χ0v) is 15.4. The van der Waals surface area contributed by atoms with Gasteiger partial charge in [0, 0.05) is 12.1 Å². The van der Waals surface area contributed by atoms with Gasteiger partial charge in [0.15, 0.2) is 0 Å².